The molecule has 2 rings (SSSR count). The zero-order valence-corrected chi connectivity index (χ0v) is 12.2. The number of aromatic nitrogens is 1. The van der Waals surface area contributed by atoms with Crippen LogP contribution in [0.25, 0.3) is 0 Å². The highest BCUT2D eigenvalue weighted by molar-refractivity contribution is 5.48. The van der Waals surface area contributed by atoms with Crippen molar-refractivity contribution in [1.29, 1.82) is 0 Å². The van der Waals surface area contributed by atoms with E-state index in [0.717, 1.165) is 31.9 Å². The molecule has 0 spiro atoms. The van der Waals surface area contributed by atoms with Gasteiger partial charge in [0.25, 0.3) is 0 Å². The van der Waals surface area contributed by atoms with Gasteiger partial charge in [-0.1, -0.05) is 19.9 Å². The summed E-state index contributed by atoms with van der Waals surface area (Å²) in [5, 5.41) is 13.5. The third-order valence-electron chi connectivity index (χ3n) is 3.49. The normalized spacial score (nSPS) is 23.3. The fraction of sp³-hybridized carbons (Fsp3) is 0.667. The Kier molecular flexibility index (Phi) is 4.42. The lowest BCUT2D eigenvalue weighted by atomic mass is 10.1. The Hall–Kier alpha value is -1.13. The molecule has 1 atom stereocenters. The van der Waals surface area contributed by atoms with E-state index in [-0.39, 0.29) is 0 Å². The fourth-order valence-corrected chi connectivity index (χ4v) is 2.47. The van der Waals surface area contributed by atoms with Crippen molar-refractivity contribution in [2.24, 2.45) is 5.92 Å². The van der Waals surface area contributed by atoms with Gasteiger partial charge in [0.05, 0.1) is 5.60 Å². The van der Waals surface area contributed by atoms with Crippen molar-refractivity contribution in [3.63, 3.8) is 0 Å². The van der Waals surface area contributed by atoms with Crippen molar-refractivity contribution in [3.05, 3.63) is 23.9 Å². The van der Waals surface area contributed by atoms with Crippen LogP contribution in [-0.2, 0) is 6.54 Å². The lowest BCUT2D eigenvalue weighted by molar-refractivity contribution is 0.0839. The van der Waals surface area contributed by atoms with Crippen LogP contribution < -0.4 is 10.2 Å². The Labute approximate surface area is 115 Å². The summed E-state index contributed by atoms with van der Waals surface area (Å²) in [6.07, 6.45) is 2.64. The minimum atomic E-state index is -0.583. The minimum absolute atomic E-state index is 0.583. The Bertz CT molecular complexity index is 418. The van der Waals surface area contributed by atoms with E-state index >= 15 is 0 Å². The van der Waals surface area contributed by atoms with E-state index in [0.29, 0.717) is 12.5 Å². The summed E-state index contributed by atoms with van der Waals surface area (Å²) in [6.45, 7) is 9.69. The summed E-state index contributed by atoms with van der Waals surface area (Å²) < 4.78 is 0. The molecule has 0 aromatic carbocycles. The molecule has 1 unspecified atom stereocenters. The van der Waals surface area contributed by atoms with Gasteiger partial charge in [0.15, 0.2) is 0 Å². The highest BCUT2D eigenvalue weighted by atomic mass is 16.3. The van der Waals surface area contributed by atoms with E-state index < -0.39 is 5.60 Å². The molecule has 0 bridgehead atoms. The number of nitrogens with one attached hydrogen (secondary N) is 1. The SMILES string of the molecule is CC(C)CNCc1cccnc1N1CCC(C)(O)C1. The molecular formula is C15H25N3O. The average Bonchev–Trinajstić information content (AvgIpc) is 2.70. The summed E-state index contributed by atoms with van der Waals surface area (Å²) in [5.74, 6) is 1.66. The molecule has 1 aliphatic heterocycles. The smallest absolute Gasteiger partial charge is 0.133 e. The van der Waals surface area contributed by atoms with Crippen LogP contribution in [0.4, 0.5) is 5.82 Å². The Morgan fingerprint density at radius 1 is 1.53 bits per heavy atom. The van der Waals surface area contributed by atoms with Gasteiger partial charge < -0.3 is 15.3 Å². The first-order valence-electron chi connectivity index (χ1n) is 7.10. The highest BCUT2D eigenvalue weighted by Gasteiger charge is 2.32. The van der Waals surface area contributed by atoms with Gasteiger partial charge in [-0.2, -0.15) is 0 Å². The summed E-state index contributed by atoms with van der Waals surface area (Å²) in [7, 11) is 0. The average molecular weight is 263 g/mol. The molecule has 1 aromatic heterocycles. The first-order valence-corrected chi connectivity index (χ1v) is 7.10. The molecule has 1 fully saturated rings. The second kappa shape index (κ2) is 5.88. The maximum Gasteiger partial charge on any atom is 0.133 e. The maximum absolute atomic E-state index is 10.1. The second-order valence-electron chi connectivity index (χ2n) is 6.18. The predicted molar refractivity (Wildman–Crippen MR) is 78.2 cm³/mol. The van der Waals surface area contributed by atoms with E-state index in [9.17, 15) is 5.11 Å². The van der Waals surface area contributed by atoms with Crippen molar-refractivity contribution >= 4 is 5.82 Å². The van der Waals surface area contributed by atoms with E-state index in [1.54, 1.807) is 0 Å². The number of hydrogen-bond donors (Lipinski definition) is 2. The topological polar surface area (TPSA) is 48.4 Å². The first kappa shape index (κ1) is 14.3. The molecule has 2 N–H and O–H groups in total. The van der Waals surface area contributed by atoms with Crippen molar-refractivity contribution in [3.8, 4) is 0 Å². The molecule has 1 aliphatic rings. The van der Waals surface area contributed by atoms with Crippen molar-refractivity contribution < 1.29 is 5.11 Å². The van der Waals surface area contributed by atoms with Gasteiger partial charge in [0.1, 0.15) is 5.82 Å². The van der Waals surface area contributed by atoms with Crippen LogP contribution in [0.3, 0.4) is 0 Å². The van der Waals surface area contributed by atoms with Gasteiger partial charge in [-0.05, 0) is 31.9 Å². The molecule has 1 aromatic rings. The molecule has 2 heterocycles. The van der Waals surface area contributed by atoms with Gasteiger partial charge in [0.2, 0.25) is 0 Å². The fourth-order valence-electron chi connectivity index (χ4n) is 2.47. The van der Waals surface area contributed by atoms with Crippen molar-refractivity contribution in [1.82, 2.24) is 10.3 Å². The van der Waals surface area contributed by atoms with Crippen LogP contribution in [0.1, 0.15) is 32.8 Å². The third-order valence-corrected chi connectivity index (χ3v) is 3.49. The van der Waals surface area contributed by atoms with Gasteiger partial charge in [-0.15, -0.1) is 0 Å². The molecule has 4 nitrogen and oxygen atoms in total. The lowest BCUT2D eigenvalue weighted by Gasteiger charge is -2.22. The van der Waals surface area contributed by atoms with Crippen molar-refractivity contribution in [2.75, 3.05) is 24.5 Å². The van der Waals surface area contributed by atoms with Crippen LogP contribution in [0.5, 0.6) is 0 Å². The zero-order chi connectivity index (χ0) is 13.9. The molecule has 0 radical (unpaired) electrons. The summed E-state index contributed by atoms with van der Waals surface area (Å²) in [5.41, 5.74) is 0.626. The van der Waals surface area contributed by atoms with Gasteiger partial charge in [-0.25, -0.2) is 4.98 Å². The molecule has 106 valence electrons. The lowest BCUT2D eigenvalue weighted by Crippen LogP contribution is -2.31. The molecule has 0 amide bonds. The number of β-amino-alcohol motifs (C(OH)–C–C–N with tert-alkyl or cyclic N) is 1. The van der Waals surface area contributed by atoms with E-state index in [4.69, 9.17) is 0 Å². The maximum atomic E-state index is 10.1. The van der Waals surface area contributed by atoms with Gasteiger partial charge in [-0.3, -0.25) is 0 Å². The summed E-state index contributed by atoms with van der Waals surface area (Å²) >= 11 is 0. The first-order chi connectivity index (χ1) is 8.98. The standard InChI is InChI=1S/C15H25N3O/c1-12(2)9-16-10-13-5-4-7-17-14(13)18-8-6-15(3,19)11-18/h4-5,7,12,16,19H,6,8-11H2,1-3H3. The van der Waals surface area contributed by atoms with Crippen LogP contribution in [0, 0.1) is 5.92 Å². The number of pyridine rings is 1. The molecule has 19 heavy (non-hydrogen) atoms. The molecule has 0 saturated carbocycles. The second-order valence-corrected chi connectivity index (χ2v) is 6.18. The number of anilines is 1. The van der Waals surface area contributed by atoms with Crippen LogP contribution >= 0.6 is 0 Å². The number of aliphatic hydroxyl groups is 1. The number of nitrogens with zero attached hydrogens (tertiary/aromatic N) is 2. The Morgan fingerprint density at radius 2 is 2.32 bits per heavy atom. The Morgan fingerprint density at radius 3 is 2.95 bits per heavy atom. The van der Waals surface area contributed by atoms with E-state index in [2.05, 4.69) is 35.1 Å². The molecule has 0 aliphatic carbocycles. The zero-order valence-electron chi connectivity index (χ0n) is 12.2. The monoisotopic (exact) mass is 263 g/mol. The van der Waals surface area contributed by atoms with Crippen molar-refractivity contribution in [2.45, 2.75) is 39.3 Å². The summed E-state index contributed by atoms with van der Waals surface area (Å²) in [6, 6.07) is 4.09. The molecular weight excluding hydrogens is 238 g/mol. The van der Waals surface area contributed by atoms with Crippen LogP contribution in [0.15, 0.2) is 18.3 Å². The summed E-state index contributed by atoms with van der Waals surface area (Å²) in [4.78, 5) is 6.69. The van der Waals surface area contributed by atoms with Crippen LogP contribution in [-0.4, -0.2) is 35.3 Å². The number of rotatable bonds is 5. The predicted octanol–water partition coefficient (Wildman–Crippen LogP) is 1.79. The third kappa shape index (κ3) is 3.91. The Balaban J connectivity index is 2.04. The van der Waals surface area contributed by atoms with Crippen LogP contribution in [0.2, 0.25) is 0 Å². The number of hydrogen-bond acceptors (Lipinski definition) is 4. The molecule has 1 saturated heterocycles. The largest absolute Gasteiger partial charge is 0.388 e. The minimum Gasteiger partial charge on any atom is -0.388 e. The molecule has 4 heteroatoms. The van der Waals surface area contributed by atoms with E-state index in [1.807, 2.05) is 19.2 Å². The van der Waals surface area contributed by atoms with E-state index in [1.165, 1.54) is 5.56 Å². The van der Waals surface area contributed by atoms with Gasteiger partial charge in [0, 0.05) is 31.4 Å². The highest BCUT2D eigenvalue weighted by Crippen LogP contribution is 2.27. The quantitative estimate of drug-likeness (QED) is 0.850. The van der Waals surface area contributed by atoms with Gasteiger partial charge >= 0.3 is 0 Å².